The summed E-state index contributed by atoms with van der Waals surface area (Å²) in [4.78, 5) is 11.3. The molecular formula is C15H16N6S. The molecule has 0 aliphatic rings. The normalized spacial score (nSPS) is 11.6. The van der Waals surface area contributed by atoms with Gasteiger partial charge < -0.3 is 5.32 Å². The number of imidazole rings is 1. The summed E-state index contributed by atoms with van der Waals surface area (Å²) >= 11 is 1.72. The van der Waals surface area contributed by atoms with Crippen LogP contribution in [0.1, 0.15) is 22.1 Å². The maximum atomic E-state index is 4.61. The van der Waals surface area contributed by atoms with Crippen molar-refractivity contribution in [2.45, 2.75) is 27.3 Å². The minimum atomic E-state index is 0.725. The van der Waals surface area contributed by atoms with E-state index in [4.69, 9.17) is 0 Å². The van der Waals surface area contributed by atoms with Crippen LogP contribution in [0.5, 0.6) is 0 Å². The van der Waals surface area contributed by atoms with E-state index in [2.05, 4.69) is 44.8 Å². The summed E-state index contributed by atoms with van der Waals surface area (Å²) in [5.74, 6) is 0.777. The summed E-state index contributed by atoms with van der Waals surface area (Å²) in [6.45, 7) is 6.77. The lowest BCUT2D eigenvalue weighted by Crippen LogP contribution is -2.04. The lowest BCUT2D eigenvalue weighted by Gasteiger charge is -2.06. The van der Waals surface area contributed by atoms with Crippen molar-refractivity contribution in [3.63, 3.8) is 0 Å². The standard InChI is InChI=1S/C15H16N6S/c1-9-7-20-13(10(2)17-15(20)22-9)6-16-12-4-5-14-18-11(3)19-21(14)8-12/h4-5,7-8,16H,6H2,1-3H3. The van der Waals surface area contributed by atoms with Crippen molar-refractivity contribution in [2.75, 3.05) is 5.32 Å². The van der Waals surface area contributed by atoms with Crippen molar-refractivity contribution in [1.82, 2.24) is 24.0 Å². The van der Waals surface area contributed by atoms with Gasteiger partial charge in [-0.3, -0.25) is 4.40 Å². The fraction of sp³-hybridized carbons (Fsp3) is 0.267. The van der Waals surface area contributed by atoms with Crippen LogP contribution in [0.3, 0.4) is 0 Å². The molecule has 0 radical (unpaired) electrons. The molecule has 0 aliphatic heterocycles. The molecule has 4 aromatic rings. The first-order valence-corrected chi connectivity index (χ1v) is 7.93. The van der Waals surface area contributed by atoms with Crippen LogP contribution in [0.4, 0.5) is 5.69 Å². The second-order valence-electron chi connectivity index (χ2n) is 5.37. The third-order valence-electron chi connectivity index (χ3n) is 3.64. The average Bonchev–Trinajstić information content (AvgIpc) is 3.07. The number of fused-ring (bicyclic) bond motifs is 2. The summed E-state index contributed by atoms with van der Waals surface area (Å²) < 4.78 is 3.96. The predicted molar refractivity (Wildman–Crippen MR) is 87.6 cm³/mol. The van der Waals surface area contributed by atoms with E-state index in [9.17, 15) is 0 Å². The first-order chi connectivity index (χ1) is 10.6. The number of nitrogens with zero attached hydrogens (tertiary/aromatic N) is 5. The van der Waals surface area contributed by atoms with Crippen molar-refractivity contribution in [3.8, 4) is 0 Å². The Bertz CT molecular complexity index is 977. The molecular weight excluding hydrogens is 296 g/mol. The van der Waals surface area contributed by atoms with E-state index >= 15 is 0 Å². The van der Waals surface area contributed by atoms with E-state index < -0.39 is 0 Å². The summed E-state index contributed by atoms with van der Waals surface area (Å²) in [5, 5.41) is 7.79. The molecule has 0 fully saturated rings. The van der Waals surface area contributed by atoms with E-state index in [1.165, 1.54) is 10.6 Å². The Balaban J connectivity index is 1.63. The van der Waals surface area contributed by atoms with Crippen LogP contribution in [0.15, 0.2) is 24.5 Å². The topological polar surface area (TPSA) is 59.5 Å². The van der Waals surface area contributed by atoms with Gasteiger partial charge in [-0.2, -0.15) is 5.10 Å². The maximum absolute atomic E-state index is 4.61. The van der Waals surface area contributed by atoms with Gasteiger partial charge in [0.1, 0.15) is 5.82 Å². The zero-order valence-corrected chi connectivity index (χ0v) is 13.5. The molecule has 0 spiro atoms. The van der Waals surface area contributed by atoms with Crippen molar-refractivity contribution < 1.29 is 0 Å². The Morgan fingerprint density at radius 2 is 2.00 bits per heavy atom. The number of aromatic nitrogens is 5. The Morgan fingerprint density at radius 1 is 1.14 bits per heavy atom. The van der Waals surface area contributed by atoms with Gasteiger partial charge in [0, 0.05) is 11.1 Å². The molecule has 1 N–H and O–H groups in total. The van der Waals surface area contributed by atoms with Crippen molar-refractivity contribution in [3.05, 3.63) is 46.6 Å². The molecule has 0 saturated carbocycles. The fourth-order valence-corrected chi connectivity index (χ4v) is 3.50. The first-order valence-electron chi connectivity index (χ1n) is 7.11. The van der Waals surface area contributed by atoms with Crippen LogP contribution in [0.2, 0.25) is 0 Å². The predicted octanol–water partition coefficient (Wildman–Crippen LogP) is 2.98. The second kappa shape index (κ2) is 4.81. The van der Waals surface area contributed by atoms with E-state index in [-0.39, 0.29) is 0 Å². The van der Waals surface area contributed by atoms with E-state index in [1.807, 2.05) is 25.3 Å². The number of anilines is 1. The number of rotatable bonds is 3. The molecule has 4 heterocycles. The number of hydrogen-bond acceptors (Lipinski definition) is 5. The van der Waals surface area contributed by atoms with Crippen molar-refractivity contribution in [1.29, 1.82) is 0 Å². The molecule has 4 rings (SSSR count). The van der Waals surface area contributed by atoms with Gasteiger partial charge in [0.2, 0.25) is 0 Å². The quantitative estimate of drug-likeness (QED) is 0.632. The zero-order valence-electron chi connectivity index (χ0n) is 12.7. The lowest BCUT2D eigenvalue weighted by molar-refractivity contribution is 0.924. The molecule has 6 nitrogen and oxygen atoms in total. The van der Waals surface area contributed by atoms with E-state index in [0.717, 1.165) is 34.4 Å². The Labute approximate surface area is 131 Å². The molecule has 7 heteroatoms. The Hall–Kier alpha value is -2.41. The number of aryl methyl sites for hydroxylation is 3. The van der Waals surface area contributed by atoms with Gasteiger partial charge in [-0.15, -0.1) is 11.3 Å². The highest BCUT2D eigenvalue weighted by molar-refractivity contribution is 7.17. The molecule has 0 atom stereocenters. The van der Waals surface area contributed by atoms with Crippen molar-refractivity contribution in [2.24, 2.45) is 0 Å². The lowest BCUT2D eigenvalue weighted by atomic mass is 10.3. The van der Waals surface area contributed by atoms with Crippen molar-refractivity contribution >= 4 is 27.6 Å². The largest absolute Gasteiger partial charge is 0.378 e. The second-order valence-corrected chi connectivity index (χ2v) is 6.58. The summed E-state index contributed by atoms with van der Waals surface area (Å²) in [5.41, 5.74) is 4.13. The van der Waals surface area contributed by atoms with Crippen LogP contribution in [-0.2, 0) is 6.54 Å². The van der Waals surface area contributed by atoms with Gasteiger partial charge in [0.05, 0.1) is 29.8 Å². The van der Waals surface area contributed by atoms with Gasteiger partial charge in [-0.05, 0) is 32.9 Å². The fourth-order valence-electron chi connectivity index (χ4n) is 2.61. The first kappa shape index (κ1) is 13.3. The monoisotopic (exact) mass is 312 g/mol. The molecule has 22 heavy (non-hydrogen) atoms. The number of thiazole rings is 1. The highest BCUT2D eigenvalue weighted by Gasteiger charge is 2.11. The molecule has 0 bridgehead atoms. The Morgan fingerprint density at radius 3 is 2.86 bits per heavy atom. The van der Waals surface area contributed by atoms with E-state index in [1.54, 1.807) is 15.9 Å². The van der Waals surface area contributed by atoms with Crippen LogP contribution in [0, 0.1) is 20.8 Å². The van der Waals surface area contributed by atoms with Gasteiger partial charge >= 0.3 is 0 Å². The summed E-state index contributed by atoms with van der Waals surface area (Å²) in [7, 11) is 0. The summed E-state index contributed by atoms with van der Waals surface area (Å²) in [6, 6.07) is 3.99. The molecule has 0 unspecified atom stereocenters. The van der Waals surface area contributed by atoms with Gasteiger partial charge in [0.15, 0.2) is 10.6 Å². The van der Waals surface area contributed by atoms with Crippen LogP contribution < -0.4 is 5.32 Å². The molecule has 0 aliphatic carbocycles. The zero-order chi connectivity index (χ0) is 15.3. The van der Waals surface area contributed by atoms with Gasteiger partial charge in [-0.1, -0.05) is 0 Å². The molecule has 112 valence electrons. The van der Waals surface area contributed by atoms with Crippen LogP contribution in [-0.4, -0.2) is 24.0 Å². The molecule has 0 saturated heterocycles. The number of hydrogen-bond donors (Lipinski definition) is 1. The Kier molecular flexibility index (Phi) is 2.90. The minimum Gasteiger partial charge on any atom is -0.378 e. The third-order valence-corrected chi connectivity index (χ3v) is 4.54. The molecule has 4 aromatic heterocycles. The third kappa shape index (κ3) is 2.14. The molecule has 0 amide bonds. The summed E-state index contributed by atoms with van der Waals surface area (Å²) in [6.07, 6.45) is 4.10. The van der Waals surface area contributed by atoms with Gasteiger partial charge in [0.25, 0.3) is 0 Å². The molecule has 0 aromatic carbocycles. The van der Waals surface area contributed by atoms with Gasteiger partial charge in [-0.25, -0.2) is 14.5 Å². The number of nitrogens with one attached hydrogen (secondary N) is 1. The van der Waals surface area contributed by atoms with Crippen LogP contribution in [0.25, 0.3) is 10.6 Å². The smallest absolute Gasteiger partial charge is 0.194 e. The van der Waals surface area contributed by atoms with Crippen LogP contribution >= 0.6 is 11.3 Å². The highest BCUT2D eigenvalue weighted by atomic mass is 32.1. The minimum absolute atomic E-state index is 0.725. The SMILES string of the molecule is Cc1nc2ccc(NCc3c(C)nc4sc(C)cn34)cn2n1. The number of pyridine rings is 1. The average molecular weight is 312 g/mol. The maximum Gasteiger partial charge on any atom is 0.194 e. The highest BCUT2D eigenvalue weighted by Crippen LogP contribution is 2.21. The van der Waals surface area contributed by atoms with E-state index in [0.29, 0.717) is 0 Å².